The second-order valence-electron chi connectivity index (χ2n) is 6.33. The lowest BCUT2D eigenvalue weighted by molar-refractivity contribution is -0.125. The molecule has 0 saturated carbocycles. The molecule has 1 aromatic heterocycles. The number of nitrogens with one attached hydrogen (secondary N) is 1. The van der Waals surface area contributed by atoms with Gasteiger partial charge in [0, 0.05) is 17.1 Å². The summed E-state index contributed by atoms with van der Waals surface area (Å²) in [7, 11) is -2.23. The van der Waals surface area contributed by atoms with Gasteiger partial charge < -0.3 is 9.84 Å². The minimum atomic E-state index is -3.60. The molecule has 29 heavy (non-hydrogen) atoms. The number of rotatable bonds is 7. The predicted molar refractivity (Wildman–Crippen MR) is 111 cm³/mol. The first kappa shape index (κ1) is 21.2. The summed E-state index contributed by atoms with van der Waals surface area (Å²) < 4.78 is 31.1. The van der Waals surface area contributed by atoms with Crippen LogP contribution in [0.1, 0.15) is 17.5 Å². The monoisotopic (exact) mass is 478 g/mol. The van der Waals surface area contributed by atoms with Gasteiger partial charge in [0.1, 0.15) is 6.04 Å². The zero-order chi connectivity index (χ0) is 21.0. The van der Waals surface area contributed by atoms with Gasteiger partial charge in [0.15, 0.2) is 0 Å². The van der Waals surface area contributed by atoms with Gasteiger partial charge >= 0.3 is 0 Å². The maximum Gasteiger partial charge on any atom is 0.246 e. The molecule has 0 radical (unpaired) electrons. The van der Waals surface area contributed by atoms with Gasteiger partial charge in [-0.15, -0.1) is 0 Å². The summed E-state index contributed by atoms with van der Waals surface area (Å²) >= 11 is 3.39. The Hall–Kier alpha value is -2.56. The van der Waals surface area contributed by atoms with E-state index in [-0.39, 0.29) is 12.4 Å². The number of hydrogen-bond acceptors (Lipinski definition) is 6. The summed E-state index contributed by atoms with van der Waals surface area (Å²) in [6, 6.07) is 15.1. The molecular weight excluding hydrogens is 460 g/mol. The van der Waals surface area contributed by atoms with Crippen molar-refractivity contribution < 1.29 is 17.7 Å². The van der Waals surface area contributed by atoms with Crippen molar-refractivity contribution in [2.75, 3.05) is 13.3 Å². The van der Waals surface area contributed by atoms with Crippen molar-refractivity contribution >= 4 is 31.9 Å². The second kappa shape index (κ2) is 8.85. The average molecular weight is 479 g/mol. The van der Waals surface area contributed by atoms with Crippen LogP contribution in [0.15, 0.2) is 63.6 Å². The fraction of sp³-hybridized carbons (Fsp3) is 0.211. The Kier molecular flexibility index (Phi) is 6.46. The number of aromatic nitrogens is 2. The third kappa shape index (κ3) is 5.28. The van der Waals surface area contributed by atoms with Crippen molar-refractivity contribution in [2.24, 2.45) is 0 Å². The fourth-order valence-corrected chi connectivity index (χ4v) is 3.68. The molecule has 0 spiro atoms. The molecule has 10 heteroatoms. The zero-order valence-corrected chi connectivity index (χ0v) is 18.1. The smallest absolute Gasteiger partial charge is 0.246 e. The Balaban J connectivity index is 1.75. The number of benzene rings is 2. The van der Waals surface area contributed by atoms with Crippen LogP contribution in [-0.2, 0) is 21.4 Å². The molecule has 3 rings (SSSR count). The van der Waals surface area contributed by atoms with E-state index in [4.69, 9.17) is 4.52 Å². The molecule has 2 aromatic carbocycles. The Morgan fingerprint density at radius 1 is 1.21 bits per heavy atom. The highest BCUT2D eigenvalue weighted by Gasteiger charge is 2.30. The predicted octanol–water partition coefficient (Wildman–Crippen LogP) is 2.75. The van der Waals surface area contributed by atoms with Gasteiger partial charge in [-0.25, -0.2) is 8.42 Å². The lowest BCUT2D eigenvalue weighted by Crippen LogP contribution is -2.41. The van der Waals surface area contributed by atoms with Crippen molar-refractivity contribution in [3.05, 3.63) is 70.5 Å². The Labute approximate surface area is 177 Å². The number of amides is 1. The molecule has 0 fully saturated rings. The first-order valence-corrected chi connectivity index (χ1v) is 11.2. The molecule has 1 unspecified atom stereocenters. The Morgan fingerprint density at radius 3 is 2.59 bits per heavy atom. The highest BCUT2D eigenvalue weighted by Crippen LogP contribution is 2.23. The van der Waals surface area contributed by atoms with E-state index >= 15 is 0 Å². The molecule has 0 aliphatic carbocycles. The van der Waals surface area contributed by atoms with Crippen molar-refractivity contribution in [3.8, 4) is 11.4 Å². The first-order chi connectivity index (χ1) is 13.8. The standard InChI is InChI=1S/C19H19BrN4O4S/c1-24(29(2,26)27)17(13-7-4-3-5-8-13)19(25)21-12-16-22-18(23-28-16)14-9-6-10-15(20)11-14/h3-11,17H,12H2,1-2H3,(H,21,25). The van der Waals surface area contributed by atoms with E-state index in [1.165, 1.54) is 7.05 Å². The number of hydrogen-bond donors (Lipinski definition) is 1. The zero-order valence-electron chi connectivity index (χ0n) is 15.7. The number of likely N-dealkylation sites (N-methyl/N-ethyl adjacent to an activating group) is 1. The lowest BCUT2D eigenvalue weighted by atomic mass is 10.1. The number of sulfonamides is 1. The van der Waals surface area contributed by atoms with Crippen LogP contribution >= 0.6 is 15.9 Å². The molecule has 152 valence electrons. The molecule has 0 saturated heterocycles. The molecule has 1 atom stereocenters. The van der Waals surface area contributed by atoms with Gasteiger partial charge in [-0.3, -0.25) is 4.79 Å². The summed E-state index contributed by atoms with van der Waals surface area (Å²) in [6.07, 6.45) is 1.05. The summed E-state index contributed by atoms with van der Waals surface area (Å²) in [5, 5.41) is 6.59. The Bertz CT molecular complexity index is 1100. The van der Waals surface area contributed by atoms with Crippen LogP contribution in [0.2, 0.25) is 0 Å². The van der Waals surface area contributed by atoms with Crippen molar-refractivity contribution in [2.45, 2.75) is 12.6 Å². The van der Waals surface area contributed by atoms with E-state index in [1.807, 2.05) is 24.3 Å². The molecule has 0 aliphatic heterocycles. The average Bonchev–Trinajstić information content (AvgIpc) is 3.16. The largest absolute Gasteiger partial charge is 0.345 e. The van der Waals surface area contributed by atoms with E-state index in [2.05, 4.69) is 31.4 Å². The summed E-state index contributed by atoms with van der Waals surface area (Å²) in [5.74, 6) is 0.108. The normalized spacial score (nSPS) is 12.7. The van der Waals surface area contributed by atoms with Crippen LogP contribution < -0.4 is 5.32 Å². The minimum absolute atomic E-state index is 0.0270. The van der Waals surface area contributed by atoms with E-state index in [0.717, 1.165) is 20.6 Å². The quantitative estimate of drug-likeness (QED) is 0.559. The summed E-state index contributed by atoms with van der Waals surface area (Å²) in [4.78, 5) is 17.1. The van der Waals surface area contributed by atoms with E-state index in [0.29, 0.717) is 11.4 Å². The van der Waals surface area contributed by atoms with Crippen LogP contribution in [0.25, 0.3) is 11.4 Å². The molecule has 3 aromatic rings. The molecule has 8 nitrogen and oxygen atoms in total. The van der Waals surface area contributed by atoms with E-state index in [9.17, 15) is 13.2 Å². The SMILES string of the molecule is CN(C(C(=O)NCc1nc(-c2cccc(Br)c2)no1)c1ccccc1)S(C)(=O)=O. The van der Waals surface area contributed by atoms with Crippen molar-refractivity contribution in [3.63, 3.8) is 0 Å². The van der Waals surface area contributed by atoms with Gasteiger partial charge in [-0.2, -0.15) is 9.29 Å². The first-order valence-electron chi connectivity index (χ1n) is 8.60. The maximum atomic E-state index is 12.8. The molecule has 1 amide bonds. The lowest BCUT2D eigenvalue weighted by Gasteiger charge is -2.25. The van der Waals surface area contributed by atoms with Crippen LogP contribution in [-0.4, -0.2) is 42.1 Å². The third-order valence-corrected chi connectivity index (χ3v) is 5.97. The van der Waals surface area contributed by atoms with Crippen LogP contribution in [0.5, 0.6) is 0 Å². The third-order valence-electron chi connectivity index (χ3n) is 4.22. The van der Waals surface area contributed by atoms with E-state index in [1.54, 1.807) is 30.3 Å². The molecule has 1 heterocycles. The van der Waals surface area contributed by atoms with Crippen molar-refractivity contribution in [1.29, 1.82) is 0 Å². The maximum absolute atomic E-state index is 12.8. The molecule has 0 bridgehead atoms. The number of nitrogens with zero attached hydrogens (tertiary/aromatic N) is 3. The van der Waals surface area contributed by atoms with Gasteiger partial charge in [0.25, 0.3) is 0 Å². The highest BCUT2D eigenvalue weighted by atomic mass is 79.9. The topological polar surface area (TPSA) is 105 Å². The summed E-state index contributed by atoms with van der Waals surface area (Å²) in [6.45, 7) is -0.0270. The van der Waals surface area contributed by atoms with Crippen molar-refractivity contribution in [1.82, 2.24) is 19.8 Å². The fourth-order valence-electron chi connectivity index (χ4n) is 2.68. The second-order valence-corrected chi connectivity index (χ2v) is 9.29. The molecular formula is C19H19BrN4O4S. The molecule has 1 N–H and O–H groups in total. The van der Waals surface area contributed by atoms with Gasteiger partial charge in [0.05, 0.1) is 12.8 Å². The highest BCUT2D eigenvalue weighted by molar-refractivity contribution is 9.10. The van der Waals surface area contributed by atoms with E-state index < -0.39 is 22.0 Å². The van der Waals surface area contributed by atoms with Crippen LogP contribution in [0.3, 0.4) is 0 Å². The number of carbonyl (C=O) groups is 1. The summed E-state index contributed by atoms with van der Waals surface area (Å²) in [5.41, 5.74) is 1.32. The molecule has 0 aliphatic rings. The van der Waals surface area contributed by atoms with Crippen LogP contribution in [0, 0.1) is 0 Å². The van der Waals surface area contributed by atoms with Crippen LogP contribution in [0.4, 0.5) is 0 Å². The Morgan fingerprint density at radius 2 is 1.93 bits per heavy atom. The number of carbonyl (C=O) groups excluding carboxylic acids is 1. The minimum Gasteiger partial charge on any atom is -0.345 e. The van der Waals surface area contributed by atoms with Gasteiger partial charge in [-0.05, 0) is 17.7 Å². The van der Waals surface area contributed by atoms with Gasteiger partial charge in [0.2, 0.25) is 27.6 Å². The van der Waals surface area contributed by atoms with Gasteiger partial charge in [-0.1, -0.05) is 63.6 Å². The number of halogens is 1.